The molecule has 1 aromatic carbocycles. The van der Waals surface area contributed by atoms with Crippen molar-refractivity contribution in [1.29, 1.82) is 0 Å². The summed E-state index contributed by atoms with van der Waals surface area (Å²) in [5.74, 6) is -0.852. The van der Waals surface area contributed by atoms with E-state index in [1.807, 2.05) is 6.92 Å². The van der Waals surface area contributed by atoms with E-state index >= 15 is 0 Å². The molecule has 1 aromatic rings. The highest BCUT2D eigenvalue weighted by Gasteiger charge is 2.36. The van der Waals surface area contributed by atoms with Crippen molar-refractivity contribution in [2.75, 3.05) is 6.61 Å². The Balaban J connectivity index is 2.12. The van der Waals surface area contributed by atoms with Crippen molar-refractivity contribution >= 4 is 0 Å². The normalized spacial score (nSPS) is 26.1. The van der Waals surface area contributed by atoms with Crippen LogP contribution in [0.4, 0.5) is 8.78 Å². The summed E-state index contributed by atoms with van der Waals surface area (Å²) in [5.41, 5.74) is 5.95. The van der Waals surface area contributed by atoms with E-state index in [1.165, 1.54) is 6.07 Å². The fraction of sp³-hybridized carbons (Fsp3) is 0.538. The lowest BCUT2D eigenvalue weighted by Crippen LogP contribution is -2.46. The zero-order chi connectivity index (χ0) is 12.5. The second-order valence-electron chi connectivity index (χ2n) is 4.81. The third-order valence-corrected chi connectivity index (χ3v) is 3.48. The molecule has 0 saturated carbocycles. The maximum Gasteiger partial charge on any atom is 0.126 e. The molecule has 1 aliphatic rings. The SMILES string of the molecule is CC1(C(N)Cc2cc(F)ccc2F)CCCO1. The molecule has 0 radical (unpaired) electrons. The minimum absolute atomic E-state index is 0.292. The highest BCUT2D eigenvalue weighted by atomic mass is 19.1. The first-order valence-corrected chi connectivity index (χ1v) is 5.85. The van der Waals surface area contributed by atoms with Crippen molar-refractivity contribution in [2.24, 2.45) is 5.73 Å². The summed E-state index contributed by atoms with van der Waals surface area (Å²) >= 11 is 0. The second kappa shape index (κ2) is 4.70. The lowest BCUT2D eigenvalue weighted by molar-refractivity contribution is -0.00108. The van der Waals surface area contributed by atoms with Gasteiger partial charge in [0.25, 0.3) is 0 Å². The molecular formula is C13H17F2NO. The summed E-state index contributed by atoms with van der Waals surface area (Å²) in [6.45, 7) is 2.62. The molecule has 1 fully saturated rings. The number of halogens is 2. The van der Waals surface area contributed by atoms with Crippen LogP contribution in [0, 0.1) is 11.6 Å². The van der Waals surface area contributed by atoms with Crippen LogP contribution in [-0.2, 0) is 11.2 Å². The summed E-state index contributed by atoms with van der Waals surface area (Å²) in [6.07, 6.45) is 2.13. The quantitative estimate of drug-likeness (QED) is 0.882. The summed E-state index contributed by atoms with van der Waals surface area (Å²) in [4.78, 5) is 0. The van der Waals surface area contributed by atoms with E-state index in [1.54, 1.807) is 0 Å². The third-order valence-electron chi connectivity index (χ3n) is 3.48. The van der Waals surface area contributed by atoms with Gasteiger partial charge in [0.1, 0.15) is 11.6 Å². The Morgan fingerprint density at radius 1 is 1.47 bits per heavy atom. The molecule has 1 aliphatic heterocycles. The Morgan fingerprint density at radius 3 is 2.88 bits per heavy atom. The molecule has 0 bridgehead atoms. The molecule has 2 nitrogen and oxygen atoms in total. The number of nitrogens with two attached hydrogens (primary N) is 1. The van der Waals surface area contributed by atoms with Gasteiger partial charge >= 0.3 is 0 Å². The molecule has 4 heteroatoms. The van der Waals surface area contributed by atoms with Gasteiger partial charge in [-0.25, -0.2) is 8.78 Å². The average molecular weight is 241 g/mol. The van der Waals surface area contributed by atoms with Gasteiger partial charge < -0.3 is 10.5 Å². The van der Waals surface area contributed by atoms with E-state index in [0.29, 0.717) is 18.6 Å². The molecule has 94 valence electrons. The van der Waals surface area contributed by atoms with Crippen LogP contribution in [0.15, 0.2) is 18.2 Å². The van der Waals surface area contributed by atoms with Crippen LogP contribution >= 0.6 is 0 Å². The van der Waals surface area contributed by atoms with Gasteiger partial charge in [-0.15, -0.1) is 0 Å². The minimum atomic E-state index is -0.439. The Labute approximate surface area is 99.8 Å². The van der Waals surface area contributed by atoms with Crippen LogP contribution in [0.1, 0.15) is 25.3 Å². The van der Waals surface area contributed by atoms with Gasteiger partial charge in [-0.1, -0.05) is 0 Å². The molecule has 1 heterocycles. The van der Waals surface area contributed by atoms with Crippen molar-refractivity contribution in [3.8, 4) is 0 Å². The zero-order valence-electron chi connectivity index (χ0n) is 9.88. The van der Waals surface area contributed by atoms with E-state index in [0.717, 1.165) is 25.0 Å². The molecule has 2 atom stereocenters. The lowest BCUT2D eigenvalue weighted by atomic mass is 9.89. The second-order valence-corrected chi connectivity index (χ2v) is 4.81. The molecule has 1 saturated heterocycles. The summed E-state index contributed by atoms with van der Waals surface area (Å²) in [7, 11) is 0. The average Bonchev–Trinajstić information content (AvgIpc) is 2.72. The topological polar surface area (TPSA) is 35.2 Å². The van der Waals surface area contributed by atoms with E-state index < -0.39 is 17.2 Å². The van der Waals surface area contributed by atoms with Gasteiger partial charge in [-0.3, -0.25) is 0 Å². The van der Waals surface area contributed by atoms with Crippen LogP contribution in [0.5, 0.6) is 0 Å². The van der Waals surface area contributed by atoms with E-state index in [4.69, 9.17) is 10.5 Å². The maximum atomic E-state index is 13.5. The van der Waals surface area contributed by atoms with Gasteiger partial charge in [0.15, 0.2) is 0 Å². The lowest BCUT2D eigenvalue weighted by Gasteiger charge is -2.30. The van der Waals surface area contributed by atoms with Crippen molar-refractivity contribution in [2.45, 2.75) is 37.8 Å². The van der Waals surface area contributed by atoms with Crippen molar-refractivity contribution in [1.82, 2.24) is 0 Å². The summed E-state index contributed by atoms with van der Waals surface area (Å²) < 4.78 is 32.1. The highest BCUT2D eigenvalue weighted by Crippen LogP contribution is 2.29. The molecule has 0 spiro atoms. The molecule has 2 unspecified atom stereocenters. The van der Waals surface area contributed by atoms with Crippen molar-refractivity contribution in [3.63, 3.8) is 0 Å². The molecule has 0 aliphatic carbocycles. The van der Waals surface area contributed by atoms with Gasteiger partial charge in [0.05, 0.1) is 5.60 Å². The predicted molar refractivity (Wildman–Crippen MR) is 61.6 cm³/mol. The number of benzene rings is 1. The fourth-order valence-corrected chi connectivity index (χ4v) is 2.25. The largest absolute Gasteiger partial charge is 0.374 e. The first-order chi connectivity index (χ1) is 8.01. The van der Waals surface area contributed by atoms with E-state index in [2.05, 4.69) is 0 Å². The number of ether oxygens (including phenoxy) is 1. The molecular weight excluding hydrogens is 224 g/mol. The van der Waals surface area contributed by atoms with Crippen LogP contribution in [0.25, 0.3) is 0 Å². The number of hydrogen-bond donors (Lipinski definition) is 1. The van der Waals surface area contributed by atoms with Crippen molar-refractivity contribution < 1.29 is 13.5 Å². The third kappa shape index (κ3) is 2.64. The molecule has 2 rings (SSSR count). The Hall–Kier alpha value is -1.00. The number of rotatable bonds is 3. The van der Waals surface area contributed by atoms with Gasteiger partial charge in [0, 0.05) is 12.6 Å². The Morgan fingerprint density at radius 2 is 2.24 bits per heavy atom. The smallest absolute Gasteiger partial charge is 0.126 e. The van der Waals surface area contributed by atoms with Gasteiger partial charge in [-0.2, -0.15) is 0 Å². The molecule has 0 amide bonds. The Kier molecular flexibility index (Phi) is 3.45. The molecule has 2 N–H and O–H groups in total. The zero-order valence-corrected chi connectivity index (χ0v) is 9.88. The maximum absolute atomic E-state index is 13.5. The standard InChI is InChI=1S/C13H17F2NO/c1-13(5-2-6-17-13)12(16)8-9-7-10(14)3-4-11(9)15/h3-4,7,12H,2,5-6,8,16H2,1H3. The first kappa shape index (κ1) is 12.5. The van der Waals surface area contributed by atoms with Gasteiger partial charge in [0.2, 0.25) is 0 Å². The van der Waals surface area contributed by atoms with Crippen LogP contribution in [-0.4, -0.2) is 18.2 Å². The molecule has 17 heavy (non-hydrogen) atoms. The highest BCUT2D eigenvalue weighted by molar-refractivity contribution is 5.20. The monoisotopic (exact) mass is 241 g/mol. The summed E-state index contributed by atoms with van der Waals surface area (Å²) in [6, 6.07) is 3.13. The minimum Gasteiger partial charge on any atom is -0.374 e. The first-order valence-electron chi connectivity index (χ1n) is 5.85. The van der Waals surface area contributed by atoms with Crippen LogP contribution < -0.4 is 5.73 Å². The van der Waals surface area contributed by atoms with E-state index in [9.17, 15) is 8.78 Å². The fourth-order valence-electron chi connectivity index (χ4n) is 2.25. The van der Waals surface area contributed by atoms with Crippen LogP contribution in [0.2, 0.25) is 0 Å². The molecule has 0 aromatic heterocycles. The predicted octanol–water partition coefficient (Wildman–Crippen LogP) is 2.40. The van der Waals surface area contributed by atoms with Gasteiger partial charge in [-0.05, 0) is 49.9 Å². The number of hydrogen-bond acceptors (Lipinski definition) is 2. The Bertz CT molecular complexity index is 402. The summed E-state index contributed by atoms with van der Waals surface area (Å²) in [5, 5.41) is 0. The van der Waals surface area contributed by atoms with E-state index in [-0.39, 0.29) is 6.04 Å². The van der Waals surface area contributed by atoms with Crippen molar-refractivity contribution in [3.05, 3.63) is 35.4 Å². The van der Waals surface area contributed by atoms with Crippen LogP contribution in [0.3, 0.4) is 0 Å².